The fourth-order valence-corrected chi connectivity index (χ4v) is 4.13. The molecule has 0 unspecified atom stereocenters. The van der Waals surface area contributed by atoms with Crippen molar-refractivity contribution >= 4 is 28.6 Å². The Balaban J connectivity index is 1.96. The Morgan fingerprint density at radius 3 is 2.85 bits per heavy atom. The lowest BCUT2D eigenvalue weighted by Gasteiger charge is -2.04. The first-order valence-electron chi connectivity index (χ1n) is 6.65. The standard InChI is InChI=1S/C14H13ClN4S/c1-7-8(2)13-16-17-14(19(13)18-12(7)15)11-6-9-4-3-5-10(9)20-11/h6H,3-5H2,1-2H3. The Morgan fingerprint density at radius 2 is 2.05 bits per heavy atom. The molecule has 0 amide bonds. The molecule has 0 fully saturated rings. The van der Waals surface area contributed by atoms with E-state index < -0.39 is 0 Å². The number of halogens is 1. The van der Waals surface area contributed by atoms with Crippen LogP contribution in [0.4, 0.5) is 0 Å². The van der Waals surface area contributed by atoms with E-state index in [2.05, 4.69) is 21.4 Å². The van der Waals surface area contributed by atoms with Gasteiger partial charge in [-0.2, -0.15) is 9.61 Å². The van der Waals surface area contributed by atoms with Crippen molar-refractivity contribution in [1.29, 1.82) is 0 Å². The maximum atomic E-state index is 6.20. The van der Waals surface area contributed by atoms with Gasteiger partial charge in [0, 0.05) is 10.4 Å². The van der Waals surface area contributed by atoms with Gasteiger partial charge < -0.3 is 0 Å². The van der Waals surface area contributed by atoms with Gasteiger partial charge >= 0.3 is 0 Å². The average Bonchev–Trinajstić information content (AvgIpc) is 3.08. The van der Waals surface area contributed by atoms with E-state index in [4.69, 9.17) is 11.6 Å². The van der Waals surface area contributed by atoms with Crippen LogP contribution in [0.2, 0.25) is 5.15 Å². The lowest BCUT2D eigenvalue weighted by molar-refractivity contribution is 0.911. The van der Waals surface area contributed by atoms with Crippen molar-refractivity contribution in [2.24, 2.45) is 0 Å². The van der Waals surface area contributed by atoms with Gasteiger partial charge in [0.1, 0.15) is 0 Å². The minimum absolute atomic E-state index is 0.514. The first-order valence-corrected chi connectivity index (χ1v) is 7.84. The Hall–Kier alpha value is -1.46. The van der Waals surface area contributed by atoms with Crippen molar-refractivity contribution in [2.45, 2.75) is 33.1 Å². The largest absolute Gasteiger partial charge is 0.195 e. The zero-order valence-corrected chi connectivity index (χ0v) is 12.8. The Kier molecular flexibility index (Phi) is 2.62. The van der Waals surface area contributed by atoms with Gasteiger partial charge in [-0.05, 0) is 50.3 Å². The highest BCUT2D eigenvalue weighted by Gasteiger charge is 2.20. The van der Waals surface area contributed by atoms with E-state index >= 15 is 0 Å². The summed E-state index contributed by atoms with van der Waals surface area (Å²) < 4.78 is 1.77. The van der Waals surface area contributed by atoms with Crippen LogP contribution in [-0.2, 0) is 12.8 Å². The first-order chi connectivity index (χ1) is 9.65. The molecule has 0 atom stereocenters. The van der Waals surface area contributed by atoms with E-state index in [1.165, 1.54) is 29.7 Å². The molecule has 102 valence electrons. The number of fused-ring (bicyclic) bond motifs is 2. The van der Waals surface area contributed by atoms with Gasteiger partial charge in [-0.15, -0.1) is 21.5 Å². The van der Waals surface area contributed by atoms with E-state index in [-0.39, 0.29) is 0 Å². The van der Waals surface area contributed by atoms with Crippen molar-refractivity contribution in [3.63, 3.8) is 0 Å². The molecule has 0 aromatic carbocycles. The molecule has 0 saturated carbocycles. The van der Waals surface area contributed by atoms with Gasteiger partial charge in [-0.1, -0.05) is 11.6 Å². The highest BCUT2D eigenvalue weighted by molar-refractivity contribution is 7.15. The van der Waals surface area contributed by atoms with Crippen LogP contribution in [0.1, 0.15) is 28.0 Å². The number of hydrogen-bond donors (Lipinski definition) is 0. The van der Waals surface area contributed by atoms with Gasteiger partial charge in [-0.3, -0.25) is 0 Å². The molecule has 4 nitrogen and oxygen atoms in total. The van der Waals surface area contributed by atoms with Crippen LogP contribution in [-0.4, -0.2) is 19.8 Å². The van der Waals surface area contributed by atoms with Crippen LogP contribution in [0.5, 0.6) is 0 Å². The maximum absolute atomic E-state index is 6.20. The smallest absolute Gasteiger partial charge is 0.190 e. The molecule has 0 N–H and O–H groups in total. The molecule has 0 bridgehead atoms. The summed E-state index contributed by atoms with van der Waals surface area (Å²) >= 11 is 8.00. The molecule has 3 aromatic rings. The van der Waals surface area contributed by atoms with Crippen LogP contribution in [0, 0.1) is 13.8 Å². The molecule has 6 heteroatoms. The third-order valence-corrected chi connectivity index (χ3v) is 5.59. The van der Waals surface area contributed by atoms with Crippen LogP contribution in [0.3, 0.4) is 0 Å². The fourth-order valence-electron chi connectivity index (χ4n) is 2.69. The molecular weight excluding hydrogens is 292 g/mol. The molecule has 20 heavy (non-hydrogen) atoms. The molecule has 0 aliphatic heterocycles. The Bertz CT molecular complexity index is 812. The van der Waals surface area contributed by atoms with E-state index in [1.54, 1.807) is 15.9 Å². The van der Waals surface area contributed by atoms with Crippen molar-refractivity contribution < 1.29 is 0 Å². The molecule has 0 radical (unpaired) electrons. The predicted molar refractivity (Wildman–Crippen MR) is 80.6 cm³/mol. The van der Waals surface area contributed by atoms with E-state index in [9.17, 15) is 0 Å². The van der Waals surface area contributed by atoms with Gasteiger partial charge in [0.25, 0.3) is 0 Å². The third-order valence-electron chi connectivity index (χ3n) is 4.00. The second-order valence-corrected chi connectivity index (χ2v) is 6.71. The quantitative estimate of drug-likeness (QED) is 0.690. The highest BCUT2D eigenvalue weighted by Crippen LogP contribution is 2.36. The molecule has 1 aliphatic carbocycles. The topological polar surface area (TPSA) is 43.1 Å². The Morgan fingerprint density at radius 1 is 1.20 bits per heavy atom. The minimum atomic E-state index is 0.514. The van der Waals surface area contributed by atoms with Crippen molar-refractivity contribution in [3.05, 3.63) is 32.8 Å². The summed E-state index contributed by atoms with van der Waals surface area (Å²) in [6.45, 7) is 3.96. The average molecular weight is 305 g/mol. The van der Waals surface area contributed by atoms with Gasteiger partial charge in [0.15, 0.2) is 16.6 Å². The van der Waals surface area contributed by atoms with Crippen molar-refractivity contribution in [1.82, 2.24) is 19.8 Å². The third kappa shape index (κ3) is 1.63. The summed E-state index contributed by atoms with van der Waals surface area (Å²) in [6, 6.07) is 2.23. The molecule has 4 rings (SSSR count). The second kappa shape index (κ2) is 4.27. The summed E-state index contributed by atoms with van der Waals surface area (Å²) in [6.07, 6.45) is 3.63. The number of nitrogens with zero attached hydrogens (tertiary/aromatic N) is 4. The van der Waals surface area contributed by atoms with Gasteiger partial charge in [0.2, 0.25) is 0 Å². The molecular formula is C14H13ClN4S. The molecule has 0 saturated heterocycles. The Labute approximate surface area is 125 Å². The summed E-state index contributed by atoms with van der Waals surface area (Å²) in [5.74, 6) is 0.796. The van der Waals surface area contributed by atoms with E-state index in [1.807, 2.05) is 13.8 Å². The molecule has 1 aliphatic rings. The number of aryl methyl sites for hydroxylation is 3. The summed E-state index contributed by atoms with van der Waals surface area (Å²) in [5, 5.41) is 13.5. The SMILES string of the molecule is Cc1c(Cl)nn2c(-c3cc4c(s3)CCC4)nnc2c1C. The summed E-state index contributed by atoms with van der Waals surface area (Å²) in [4.78, 5) is 2.61. The van der Waals surface area contributed by atoms with Gasteiger partial charge in [0.05, 0.1) is 4.88 Å². The van der Waals surface area contributed by atoms with Gasteiger partial charge in [-0.25, -0.2) is 0 Å². The number of aromatic nitrogens is 4. The van der Waals surface area contributed by atoms with Crippen LogP contribution in [0.25, 0.3) is 16.3 Å². The maximum Gasteiger partial charge on any atom is 0.195 e. The molecule has 3 heterocycles. The monoisotopic (exact) mass is 304 g/mol. The van der Waals surface area contributed by atoms with Crippen LogP contribution in [0.15, 0.2) is 6.07 Å². The zero-order chi connectivity index (χ0) is 13.9. The fraction of sp³-hybridized carbons (Fsp3) is 0.357. The van der Waals surface area contributed by atoms with Crippen LogP contribution >= 0.6 is 22.9 Å². The summed E-state index contributed by atoms with van der Waals surface area (Å²) in [5.41, 5.74) is 4.24. The second-order valence-electron chi connectivity index (χ2n) is 5.21. The lowest BCUT2D eigenvalue weighted by Crippen LogP contribution is -1.99. The lowest BCUT2D eigenvalue weighted by atomic mass is 10.2. The predicted octanol–water partition coefficient (Wildman–Crippen LogP) is 3.61. The number of thiophene rings is 1. The minimum Gasteiger partial charge on any atom is -0.190 e. The zero-order valence-electron chi connectivity index (χ0n) is 11.3. The number of rotatable bonds is 1. The highest BCUT2D eigenvalue weighted by atomic mass is 35.5. The van der Waals surface area contributed by atoms with Crippen LogP contribution < -0.4 is 0 Å². The summed E-state index contributed by atoms with van der Waals surface area (Å²) in [7, 11) is 0. The van der Waals surface area contributed by atoms with Crippen molar-refractivity contribution in [3.8, 4) is 10.7 Å². The normalized spacial score (nSPS) is 14.2. The van der Waals surface area contributed by atoms with E-state index in [0.29, 0.717) is 5.15 Å². The van der Waals surface area contributed by atoms with Crippen molar-refractivity contribution in [2.75, 3.05) is 0 Å². The molecule has 3 aromatic heterocycles. The van der Waals surface area contributed by atoms with E-state index in [0.717, 1.165) is 27.5 Å². The first kappa shape index (κ1) is 12.3. The number of hydrogen-bond acceptors (Lipinski definition) is 4. The molecule has 0 spiro atoms.